The average molecular weight is 460 g/mol. The van der Waals surface area contributed by atoms with Gasteiger partial charge in [-0.05, 0) is 30.3 Å². The molecule has 170 valence electrons. The Morgan fingerprint density at radius 2 is 1.31 bits per heavy atom. The van der Waals surface area contributed by atoms with Gasteiger partial charge in [0.05, 0.1) is 28.0 Å². The maximum Gasteiger partial charge on any atom is 0.338 e. The summed E-state index contributed by atoms with van der Waals surface area (Å²) in [6.07, 6.45) is 3.12. The van der Waals surface area contributed by atoms with Gasteiger partial charge in [0, 0.05) is 29.2 Å². The molecule has 2 heterocycles. The van der Waals surface area contributed by atoms with E-state index in [2.05, 4.69) is 10.3 Å². The van der Waals surface area contributed by atoms with Crippen LogP contribution in [0.2, 0.25) is 0 Å². The summed E-state index contributed by atoms with van der Waals surface area (Å²) in [5.74, 6) is -1.06. The Morgan fingerprint density at radius 1 is 0.714 bits per heavy atom. The Kier molecular flexibility index (Phi) is 6.21. The first-order valence-electron chi connectivity index (χ1n) is 11.0. The third-order valence-corrected chi connectivity index (χ3v) is 5.29. The second kappa shape index (κ2) is 9.93. The molecule has 0 aliphatic carbocycles. The zero-order valence-corrected chi connectivity index (χ0v) is 18.6. The molecule has 5 aromatic rings. The van der Waals surface area contributed by atoms with Crippen LogP contribution in [0.4, 0.5) is 5.69 Å². The zero-order chi connectivity index (χ0) is 24.0. The van der Waals surface area contributed by atoms with E-state index in [-0.39, 0.29) is 5.56 Å². The molecule has 0 bridgehead atoms. The first kappa shape index (κ1) is 21.9. The van der Waals surface area contributed by atoms with Gasteiger partial charge in [-0.15, -0.1) is 0 Å². The van der Waals surface area contributed by atoms with Crippen molar-refractivity contribution in [2.45, 2.75) is 0 Å². The van der Waals surface area contributed by atoms with Gasteiger partial charge in [0.25, 0.3) is 5.91 Å². The van der Waals surface area contributed by atoms with Gasteiger partial charge < -0.3 is 10.1 Å². The highest BCUT2D eigenvalue weighted by Gasteiger charge is 2.16. The molecule has 0 saturated heterocycles. The molecule has 1 N–H and O–H groups in total. The number of hydrogen-bond acceptors (Lipinski definition) is 6. The molecule has 0 radical (unpaired) electrons. The Bertz CT molecular complexity index is 1490. The van der Waals surface area contributed by atoms with E-state index >= 15 is 0 Å². The van der Waals surface area contributed by atoms with Crippen LogP contribution in [0.25, 0.3) is 33.5 Å². The molecule has 0 atom stereocenters. The number of rotatable bonds is 6. The standard InChI is InChI=1S/C28H20N4O3/c33-25(30-22-13-15-29-16-14-22)18-35-28(34)21-11-12-23-24(17-21)32-27(20-9-5-2-6-10-20)26(31-23)19-7-3-1-4-8-19/h1-17H,18H2,(H,29,30,33). The summed E-state index contributed by atoms with van der Waals surface area (Å²) in [4.78, 5) is 38.3. The molecular formula is C28H20N4O3. The number of pyridine rings is 1. The number of fused-ring (bicyclic) bond motifs is 1. The van der Waals surface area contributed by atoms with E-state index in [4.69, 9.17) is 14.7 Å². The van der Waals surface area contributed by atoms with Gasteiger partial charge in [-0.2, -0.15) is 0 Å². The van der Waals surface area contributed by atoms with Crippen LogP contribution in [-0.4, -0.2) is 33.4 Å². The Hall–Kier alpha value is -4.91. The molecule has 0 aliphatic rings. The third-order valence-electron chi connectivity index (χ3n) is 5.29. The van der Waals surface area contributed by atoms with E-state index in [1.54, 1.807) is 42.7 Å². The van der Waals surface area contributed by atoms with Gasteiger partial charge in [0.1, 0.15) is 0 Å². The van der Waals surface area contributed by atoms with Gasteiger partial charge >= 0.3 is 5.97 Å². The van der Waals surface area contributed by atoms with Crippen LogP contribution in [0, 0.1) is 0 Å². The fraction of sp³-hybridized carbons (Fsp3) is 0.0357. The second-order valence-electron chi connectivity index (χ2n) is 7.72. The van der Waals surface area contributed by atoms with E-state index < -0.39 is 18.5 Å². The molecule has 2 aromatic heterocycles. The number of esters is 1. The minimum atomic E-state index is -0.619. The van der Waals surface area contributed by atoms with Crippen LogP contribution >= 0.6 is 0 Å². The van der Waals surface area contributed by atoms with Gasteiger partial charge in [0.15, 0.2) is 6.61 Å². The fourth-order valence-electron chi connectivity index (χ4n) is 3.62. The van der Waals surface area contributed by atoms with Gasteiger partial charge in [-0.25, -0.2) is 14.8 Å². The first-order chi connectivity index (χ1) is 17.2. The van der Waals surface area contributed by atoms with Crippen LogP contribution in [0.3, 0.4) is 0 Å². The summed E-state index contributed by atoms with van der Waals surface area (Å²) in [6, 6.07) is 27.9. The summed E-state index contributed by atoms with van der Waals surface area (Å²) in [7, 11) is 0. The number of nitrogens with zero attached hydrogens (tertiary/aromatic N) is 3. The average Bonchev–Trinajstić information content (AvgIpc) is 2.92. The Morgan fingerprint density at radius 3 is 1.94 bits per heavy atom. The van der Waals surface area contributed by atoms with Crippen molar-refractivity contribution in [1.82, 2.24) is 15.0 Å². The number of anilines is 1. The molecule has 0 spiro atoms. The highest BCUT2D eigenvalue weighted by Crippen LogP contribution is 2.31. The molecular weight excluding hydrogens is 440 g/mol. The maximum absolute atomic E-state index is 12.6. The van der Waals surface area contributed by atoms with Crippen molar-refractivity contribution in [2.24, 2.45) is 0 Å². The second-order valence-corrected chi connectivity index (χ2v) is 7.72. The largest absolute Gasteiger partial charge is 0.452 e. The van der Waals surface area contributed by atoms with Gasteiger partial charge in [-0.3, -0.25) is 9.78 Å². The van der Waals surface area contributed by atoms with Crippen LogP contribution in [0.5, 0.6) is 0 Å². The van der Waals surface area contributed by atoms with Crippen LogP contribution in [0.15, 0.2) is 103 Å². The van der Waals surface area contributed by atoms with E-state index in [0.29, 0.717) is 22.4 Å². The first-order valence-corrected chi connectivity index (χ1v) is 11.0. The lowest BCUT2D eigenvalue weighted by Gasteiger charge is -2.11. The fourth-order valence-corrected chi connectivity index (χ4v) is 3.62. The summed E-state index contributed by atoms with van der Waals surface area (Å²) in [5.41, 5.74) is 5.40. The molecule has 0 aliphatic heterocycles. The minimum Gasteiger partial charge on any atom is -0.452 e. The third kappa shape index (κ3) is 5.04. The zero-order valence-electron chi connectivity index (χ0n) is 18.6. The van der Waals surface area contributed by atoms with Gasteiger partial charge in [0.2, 0.25) is 0 Å². The van der Waals surface area contributed by atoms with Crippen LogP contribution < -0.4 is 5.32 Å². The van der Waals surface area contributed by atoms with Crippen molar-refractivity contribution in [1.29, 1.82) is 0 Å². The molecule has 7 nitrogen and oxygen atoms in total. The molecule has 35 heavy (non-hydrogen) atoms. The van der Waals surface area contributed by atoms with Crippen molar-refractivity contribution in [3.63, 3.8) is 0 Å². The normalized spacial score (nSPS) is 10.6. The molecule has 0 fully saturated rings. The summed E-state index contributed by atoms with van der Waals surface area (Å²) in [5, 5.41) is 2.65. The highest BCUT2D eigenvalue weighted by atomic mass is 16.5. The summed E-state index contributed by atoms with van der Waals surface area (Å²) in [6.45, 7) is -0.410. The van der Waals surface area contributed by atoms with Crippen molar-refractivity contribution in [2.75, 3.05) is 11.9 Å². The van der Waals surface area contributed by atoms with Crippen LogP contribution in [-0.2, 0) is 9.53 Å². The number of amides is 1. The summed E-state index contributed by atoms with van der Waals surface area (Å²) < 4.78 is 5.20. The molecule has 0 saturated carbocycles. The Labute approximate surface area is 201 Å². The Balaban J connectivity index is 1.42. The van der Waals surface area contributed by atoms with Crippen molar-refractivity contribution >= 4 is 28.6 Å². The number of hydrogen-bond donors (Lipinski definition) is 1. The van der Waals surface area contributed by atoms with E-state index in [0.717, 1.165) is 16.8 Å². The quantitative estimate of drug-likeness (QED) is 0.352. The number of ether oxygens (including phenoxy) is 1. The lowest BCUT2D eigenvalue weighted by Crippen LogP contribution is -2.20. The van der Waals surface area contributed by atoms with E-state index in [9.17, 15) is 9.59 Å². The molecule has 3 aromatic carbocycles. The number of carbonyl (C=O) groups is 2. The van der Waals surface area contributed by atoms with Gasteiger partial charge in [-0.1, -0.05) is 60.7 Å². The topological polar surface area (TPSA) is 94.1 Å². The predicted molar refractivity (Wildman–Crippen MR) is 134 cm³/mol. The van der Waals surface area contributed by atoms with Crippen molar-refractivity contribution < 1.29 is 14.3 Å². The lowest BCUT2D eigenvalue weighted by molar-refractivity contribution is -0.119. The lowest BCUT2D eigenvalue weighted by atomic mass is 10.0. The molecule has 0 unspecified atom stereocenters. The van der Waals surface area contributed by atoms with E-state index in [1.807, 2.05) is 60.7 Å². The summed E-state index contributed by atoms with van der Waals surface area (Å²) >= 11 is 0. The van der Waals surface area contributed by atoms with Crippen molar-refractivity contribution in [3.8, 4) is 22.5 Å². The number of benzene rings is 3. The number of aromatic nitrogens is 3. The molecule has 1 amide bonds. The number of nitrogens with one attached hydrogen (secondary N) is 1. The van der Waals surface area contributed by atoms with E-state index in [1.165, 1.54) is 0 Å². The number of carbonyl (C=O) groups excluding carboxylic acids is 2. The maximum atomic E-state index is 12.6. The minimum absolute atomic E-state index is 0.287. The SMILES string of the molecule is O=C(COC(=O)c1ccc2nc(-c3ccccc3)c(-c3ccccc3)nc2c1)Nc1ccncc1. The highest BCUT2D eigenvalue weighted by molar-refractivity contribution is 5.97. The predicted octanol–water partition coefficient (Wildman–Crippen LogP) is 5.15. The van der Waals surface area contributed by atoms with Crippen molar-refractivity contribution in [3.05, 3.63) is 109 Å². The smallest absolute Gasteiger partial charge is 0.338 e. The van der Waals surface area contributed by atoms with Crippen LogP contribution in [0.1, 0.15) is 10.4 Å². The monoisotopic (exact) mass is 460 g/mol. The molecule has 7 heteroatoms. The molecule has 5 rings (SSSR count).